The van der Waals surface area contributed by atoms with E-state index in [4.69, 9.17) is 0 Å². The van der Waals surface area contributed by atoms with Crippen molar-refractivity contribution in [3.8, 4) is 0 Å². The van der Waals surface area contributed by atoms with Crippen LogP contribution in [0.1, 0.15) is 33.1 Å². The molecule has 2 aliphatic heterocycles. The van der Waals surface area contributed by atoms with Gasteiger partial charge in [0.25, 0.3) is 0 Å². The molecule has 2 fully saturated rings. The molecule has 0 bridgehead atoms. The van der Waals surface area contributed by atoms with Gasteiger partial charge in [0.1, 0.15) is 0 Å². The van der Waals surface area contributed by atoms with Gasteiger partial charge in [-0.2, -0.15) is 11.8 Å². The summed E-state index contributed by atoms with van der Waals surface area (Å²) >= 11 is 2.11. The Morgan fingerprint density at radius 1 is 1.21 bits per heavy atom. The van der Waals surface area contributed by atoms with Gasteiger partial charge >= 0.3 is 0 Å². The van der Waals surface area contributed by atoms with Crippen molar-refractivity contribution in [1.29, 1.82) is 0 Å². The Labute approximate surface area is 91.6 Å². The van der Waals surface area contributed by atoms with Gasteiger partial charge < -0.3 is 10.6 Å². The van der Waals surface area contributed by atoms with Crippen molar-refractivity contribution >= 4 is 11.8 Å². The molecule has 2 nitrogen and oxygen atoms in total. The molecule has 0 aliphatic carbocycles. The highest BCUT2D eigenvalue weighted by molar-refractivity contribution is 8.00. The molecule has 0 aromatic carbocycles. The van der Waals surface area contributed by atoms with E-state index in [0.717, 1.165) is 29.9 Å². The van der Waals surface area contributed by atoms with Gasteiger partial charge in [-0.25, -0.2) is 0 Å². The third-order valence-corrected chi connectivity index (χ3v) is 4.81. The summed E-state index contributed by atoms with van der Waals surface area (Å²) in [5.74, 6) is 1.34. The van der Waals surface area contributed by atoms with E-state index < -0.39 is 0 Å². The number of nitrogens with one attached hydrogen (secondary N) is 2. The molecule has 0 saturated carbocycles. The van der Waals surface area contributed by atoms with Crippen molar-refractivity contribution in [2.24, 2.45) is 0 Å². The Morgan fingerprint density at radius 2 is 2.07 bits per heavy atom. The minimum Gasteiger partial charge on any atom is -0.313 e. The van der Waals surface area contributed by atoms with Crippen LogP contribution >= 0.6 is 11.8 Å². The minimum absolute atomic E-state index is 0.720. The summed E-state index contributed by atoms with van der Waals surface area (Å²) < 4.78 is 0. The topological polar surface area (TPSA) is 24.1 Å². The highest BCUT2D eigenvalue weighted by Crippen LogP contribution is 2.26. The van der Waals surface area contributed by atoms with Crippen molar-refractivity contribution in [2.75, 3.05) is 12.3 Å². The zero-order chi connectivity index (χ0) is 9.97. The van der Waals surface area contributed by atoms with Crippen LogP contribution in [-0.4, -0.2) is 35.7 Å². The Bertz CT molecular complexity index is 178. The third kappa shape index (κ3) is 2.65. The van der Waals surface area contributed by atoms with Gasteiger partial charge in [-0.05, 0) is 31.9 Å². The lowest BCUT2D eigenvalue weighted by Gasteiger charge is -2.31. The first-order valence-electron chi connectivity index (χ1n) is 5.86. The lowest BCUT2D eigenvalue weighted by Crippen LogP contribution is -2.51. The maximum Gasteiger partial charge on any atom is 0.0196 e. The van der Waals surface area contributed by atoms with E-state index in [-0.39, 0.29) is 0 Å². The Balaban J connectivity index is 1.74. The minimum atomic E-state index is 0.720. The van der Waals surface area contributed by atoms with E-state index in [0.29, 0.717) is 0 Å². The molecule has 2 aliphatic rings. The Morgan fingerprint density at radius 3 is 2.64 bits per heavy atom. The average Bonchev–Trinajstić information content (AvgIpc) is 2.56. The molecule has 0 aromatic rings. The highest BCUT2D eigenvalue weighted by atomic mass is 32.2. The molecule has 4 unspecified atom stereocenters. The molecule has 82 valence electrons. The fourth-order valence-corrected chi connectivity index (χ4v) is 3.60. The summed E-state index contributed by atoms with van der Waals surface area (Å²) in [6.45, 7) is 5.80. The van der Waals surface area contributed by atoms with Crippen molar-refractivity contribution < 1.29 is 0 Å². The van der Waals surface area contributed by atoms with E-state index in [2.05, 4.69) is 36.2 Å². The summed E-state index contributed by atoms with van der Waals surface area (Å²) in [6.07, 6.45) is 4.03. The van der Waals surface area contributed by atoms with Crippen molar-refractivity contribution in [2.45, 2.75) is 56.5 Å². The van der Waals surface area contributed by atoms with Gasteiger partial charge in [0.05, 0.1) is 0 Å². The Hall–Kier alpha value is 0.270. The summed E-state index contributed by atoms with van der Waals surface area (Å²) in [5.41, 5.74) is 0. The van der Waals surface area contributed by atoms with Crippen molar-refractivity contribution in [3.63, 3.8) is 0 Å². The van der Waals surface area contributed by atoms with E-state index in [9.17, 15) is 0 Å². The first kappa shape index (κ1) is 10.8. The molecule has 2 heterocycles. The van der Waals surface area contributed by atoms with Crippen molar-refractivity contribution in [3.05, 3.63) is 0 Å². The monoisotopic (exact) mass is 214 g/mol. The summed E-state index contributed by atoms with van der Waals surface area (Å²) in [5, 5.41) is 8.17. The van der Waals surface area contributed by atoms with Crippen LogP contribution in [0.2, 0.25) is 0 Å². The molecule has 14 heavy (non-hydrogen) atoms. The van der Waals surface area contributed by atoms with Crippen LogP contribution in [-0.2, 0) is 0 Å². The van der Waals surface area contributed by atoms with Gasteiger partial charge in [0.2, 0.25) is 0 Å². The van der Waals surface area contributed by atoms with E-state index in [1.54, 1.807) is 0 Å². The number of hydrogen-bond donors (Lipinski definition) is 2. The quantitative estimate of drug-likeness (QED) is 0.730. The van der Waals surface area contributed by atoms with Crippen molar-refractivity contribution in [1.82, 2.24) is 10.6 Å². The summed E-state index contributed by atoms with van der Waals surface area (Å²) in [6, 6.07) is 2.21. The molecule has 2 saturated heterocycles. The molecular formula is C11H22N2S. The molecule has 4 atom stereocenters. The SMILES string of the molecule is CC1CCC(NC2CCSC2C)CN1. The molecule has 0 radical (unpaired) electrons. The standard InChI is InChI=1S/C11H22N2S/c1-8-3-4-10(7-12-8)13-11-5-6-14-9(11)2/h8-13H,3-7H2,1-2H3. The molecule has 0 aromatic heterocycles. The van der Waals surface area contributed by atoms with Gasteiger partial charge in [0, 0.05) is 29.9 Å². The van der Waals surface area contributed by atoms with E-state index in [1.807, 2.05) is 0 Å². The number of hydrogen-bond acceptors (Lipinski definition) is 3. The summed E-state index contributed by atoms with van der Waals surface area (Å²) in [4.78, 5) is 0. The van der Waals surface area contributed by atoms with Crippen LogP contribution < -0.4 is 10.6 Å². The second kappa shape index (κ2) is 4.86. The lowest BCUT2D eigenvalue weighted by atomic mass is 10.0. The normalized spacial score (nSPS) is 44.1. The van der Waals surface area contributed by atoms with Gasteiger partial charge in [0.15, 0.2) is 0 Å². The molecule has 2 rings (SSSR count). The second-order valence-electron chi connectivity index (χ2n) is 4.72. The number of thioether (sulfide) groups is 1. The third-order valence-electron chi connectivity index (χ3n) is 3.49. The van der Waals surface area contributed by atoms with Crippen LogP contribution in [0.15, 0.2) is 0 Å². The smallest absolute Gasteiger partial charge is 0.0196 e. The van der Waals surface area contributed by atoms with E-state index in [1.165, 1.54) is 25.0 Å². The molecule has 3 heteroatoms. The predicted molar refractivity (Wildman–Crippen MR) is 63.9 cm³/mol. The first-order valence-corrected chi connectivity index (χ1v) is 6.91. The zero-order valence-corrected chi connectivity index (χ0v) is 10.1. The fraction of sp³-hybridized carbons (Fsp3) is 1.00. The molecule has 0 amide bonds. The Kier molecular flexibility index (Phi) is 3.74. The molecule has 0 spiro atoms. The average molecular weight is 214 g/mol. The van der Waals surface area contributed by atoms with Gasteiger partial charge in [-0.15, -0.1) is 0 Å². The number of piperidine rings is 1. The predicted octanol–water partition coefficient (Wildman–Crippen LogP) is 1.61. The fourth-order valence-electron chi connectivity index (χ4n) is 2.39. The van der Waals surface area contributed by atoms with Crippen LogP contribution in [0.3, 0.4) is 0 Å². The molecular weight excluding hydrogens is 192 g/mol. The van der Waals surface area contributed by atoms with Crippen LogP contribution in [0.4, 0.5) is 0 Å². The molecule has 2 N–H and O–H groups in total. The zero-order valence-electron chi connectivity index (χ0n) is 9.25. The first-order chi connectivity index (χ1) is 6.75. The van der Waals surface area contributed by atoms with Crippen LogP contribution in [0, 0.1) is 0 Å². The maximum atomic E-state index is 3.80. The second-order valence-corrected chi connectivity index (χ2v) is 6.21. The summed E-state index contributed by atoms with van der Waals surface area (Å²) in [7, 11) is 0. The number of rotatable bonds is 2. The van der Waals surface area contributed by atoms with E-state index >= 15 is 0 Å². The lowest BCUT2D eigenvalue weighted by molar-refractivity contribution is 0.312. The van der Waals surface area contributed by atoms with Gasteiger partial charge in [-0.3, -0.25) is 0 Å². The largest absolute Gasteiger partial charge is 0.313 e. The maximum absolute atomic E-state index is 3.80. The van der Waals surface area contributed by atoms with Gasteiger partial charge in [-0.1, -0.05) is 6.92 Å². The van der Waals surface area contributed by atoms with Crippen LogP contribution in [0.5, 0.6) is 0 Å². The van der Waals surface area contributed by atoms with Crippen LogP contribution in [0.25, 0.3) is 0 Å². The highest BCUT2D eigenvalue weighted by Gasteiger charge is 2.27.